The number of benzene rings is 2. The summed E-state index contributed by atoms with van der Waals surface area (Å²) in [6, 6.07) is 23.5. The molecule has 54 nitrogen and oxygen atoms in total. The maximum Gasteiger partial charge on any atom is 0.269 e. The van der Waals surface area contributed by atoms with Crippen molar-refractivity contribution >= 4 is 155 Å². The van der Waals surface area contributed by atoms with E-state index < -0.39 is 132 Å². The van der Waals surface area contributed by atoms with Crippen molar-refractivity contribution in [3.63, 3.8) is 0 Å². The summed E-state index contributed by atoms with van der Waals surface area (Å²) in [6.07, 6.45) is 16.6. The number of hydrogen-bond acceptors (Lipinski definition) is 46. The lowest BCUT2D eigenvalue weighted by molar-refractivity contribution is -0.118. The molecule has 9 aliphatic rings. The van der Waals surface area contributed by atoms with E-state index in [1.807, 2.05) is 44.2 Å². The third-order valence-corrected chi connectivity index (χ3v) is 22.8. The summed E-state index contributed by atoms with van der Waals surface area (Å²) < 4.78 is 0. The SMILES string of the molecule is CCN(C)c1nc(O)c(C(=O)Nc2ccc(C3=CCN=N3)cc2)c(=O)[nH]1.CCNc1nc(O)c(C(=O)Nc2ccc(C3=CCN=N3)cc2)c(=O)[nH]1.O=C(NC12CC(C3=CCN=N3)(C1)C2)c1c(O)nc(CS)[nH]c1=O.O=C(Nc1ccc(C2=CCN=N2)cn1)c1c(O)nc(CS)[nH]c1=O.O=C(Nc1ccc(C2=CCN=N2)nc1)c1c(O)nc(CS)[nH]c1=O.O=C(Nc1ccc(C2=CCN=N2)nn1)c1c(O)nc(CS)[nH]c1=O. The van der Waals surface area contributed by atoms with Crippen LogP contribution in [0.5, 0.6) is 35.3 Å². The van der Waals surface area contributed by atoms with Crippen molar-refractivity contribution in [2.24, 2.45) is 66.8 Å². The molecule has 6 aliphatic heterocycles. The van der Waals surface area contributed by atoms with Crippen molar-refractivity contribution in [2.75, 3.05) is 96.2 Å². The minimum absolute atomic E-state index is 0.0376. The highest BCUT2D eigenvalue weighted by Crippen LogP contribution is 2.71. The van der Waals surface area contributed by atoms with Gasteiger partial charge in [0.25, 0.3) is 68.8 Å². The first-order chi connectivity index (χ1) is 70.3. The van der Waals surface area contributed by atoms with E-state index in [1.54, 1.807) is 96.9 Å². The Bertz CT molecular complexity index is 7350. The Morgan fingerprint density at radius 2 is 0.719 bits per heavy atom. The third-order valence-electron chi connectivity index (χ3n) is 21.6. The van der Waals surface area contributed by atoms with E-state index >= 15 is 0 Å². The number of nitrogens with zero attached hydrogens (tertiary/aromatic N) is 23. The van der Waals surface area contributed by atoms with Gasteiger partial charge < -0.3 is 92.7 Å². The summed E-state index contributed by atoms with van der Waals surface area (Å²) in [7, 11) is 1.71. The number of rotatable bonds is 26. The minimum atomic E-state index is -0.853. The van der Waals surface area contributed by atoms with E-state index in [9.17, 15) is 88.2 Å². The summed E-state index contributed by atoms with van der Waals surface area (Å²) in [5, 5.41) is 132. The van der Waals surface area contributed by atoms with Gasteiger partial charge in [-0.15, -0.1) is 10.2 Å². The van der Waals surface area contributed by atoms with Gasteiger partial charge in [-0.2, -0.15) is 142 Å². The molecule has 11 aromatic rings. The van der Waals surface area contributed by atoms with E-state index in [-0.39, 0.29) is 86.4 Å². The molecule has 0 spiro atoms. The number of aromatic nitrogens is 16. The van der Waals surface area contributed by atoms with Crippen molar-refractivity contribution in [1.29, 1.82) is 0 Å². The van der Waals surface area contributed by atoms with Crippen LogP contribution in [0.2, 0.25) is 0 Å². The predicted molar refractivity (Wildman–Crippen MR) is 539 cm³/mol. The summed E-state index contributed by atoms with van der Waals surface area (Å²) in [4.78, 5) is 192. The van der Waals surface area contributed by atoms with Crippen LogP contribution in [0, 0.1) is 5.41 Å². The van der Waals surface area contributed by atoms with Gasteiger partial charge in [-0.3, -0.25) is 72.5 Å². The quantitative estimate of drug-likeness (QED) is 0.0226. The maximum atomic E-state index is 12.4. The fourth-order valence-electron chi connectivity index (χ4n) is 14.6. The van der Waals surface area contributed by atoms with Gasteiger partial charge in [-0.05, 0) is 130 Å². The number of azo groups is 6. The highest BCUT2D eigenvalue weighted by molar-refractivity contribution is 7.79. The molecule has 2 bridgehead atoms. The van der Waals surface area contributed by atoms with Gasteiger partial charge >= 0.3 is 0 Å². The van der Waals surface area contributed by atoms with Crippen LogP contribution in [0.1, 0.15) is 147 Å². The van der Waals surface area contributed by atoms with E-state index in [0.29, 0.717) is 97.9 Å². The Kier molecular flexibility index (Phi) is 33.3. The van der Waals surface area contributed by atoms with Crippen molar-refractivity contribution in [3.8, 4) is 35.3 Å². The maximum absolute atomic E-state index is 12.4. The number of H-pyrrole nitrogens is 6. The van der Waals surface area contributed by atoms with Gasteiger partial charge in [-0.25, -0.2) is 4.98 Å². The van der Waals surface area contributed by atoms with Crippen LogP contribution in [0.4, 0.5) is 40.6 Å². The minimum Gasteiger partial charge on any atom is -0.493 e. The standard InChI is InChI=1S/C17H18N6O3.C16H16N6O3.2C14H12N6O3S.C14H15N5O3S.C13H11N7O3S/c1-3-23(2)17-20-15(25)13(16(26)21-17)14(24)19-11-6-4-10(5-7-11)12-8-9-18-22-12;1-2-17-16-20-14(24)12(15(25)21-16)13(23)19-10-5-3-9(4-6-10)11-7-8-18-22-11;21-12(11-13(22)18-10(6-24)19-14(11)23)17-9-2-1-7(5-15-9)8-3-4-16-20-8;21-12(11-13(22)18-10(6-24)19-14(11)23)17-7-1-2-8(15-5-7)9-3-4-16-20-9;20-10-9(11(21)17-8(3-23)16-10)12(22)18-14-4-13(5-14,6-14)7-1-2-15-19-7;21-11(10-12(22)16-9(5-24)17-13(10)23)15-8-2-1-6(19-20-8)7-3-4-14-18-7/h4-8H,3,9H2,1-2H3,(H,19,24)(H2,20,21,25,26);3-7H,2,8H2,1H3,(H,19,23)(H3,17,20,21,24,25);1-3,5,24H,4,6H2,(H,15,17,21)(H2,18,19,22,23);1-3,5,24H,4,6H2,(H,17,21)(H2,18,19,22,23);1,23H,2-6H2,(H,18,22)(H2,16,17,20,21);1-3,24H,4-5H2,(H,15,20,21)(H2,16,17,22,23). The number of carbonyl (C=O) groups excluding carboxylic acids is 6. The first kappa shape index (κ1) is 104. The Hall–Kier alpha value is -18.2. The Morgan fingerprint density at radius 1 is 0.363 bits per heavy atom. The molecule has 3 fully saturated rings. The Morgan fingerprint density at radius 3 is 1.08 bits per heavy atom. The molecule has 20 rings (SSSR count). The van der Waals surface area contributed by atoms with Crippen LogP contribution in [0.15, 0.2) is 230 Å². The molecular weight excluding hydrogens is 1980 g/mol. The topological polar surface area (TPSA) is 786 Å². The van der Waals surface area contributed by atoms with E-state index in [1.165, 1.54) is 18.5 Å². The Labute approximate surface area is 841 Å². The number of aromatic amines is 6. The molecule has 2 aromatic carbocycles. The molecular formula is C88H84N36O18S4. The summed E-state index contributed by atoms with van der Waals surface area (Å²) in [5.41, 5.74) is 2.11. The van der Waals surface area contributed by atoms with Crippen LogP contribution in [0.3, 0.4) is 0 Å². The smallest absolute Gasteiger partial charge is 0.269 e. The number of aromatic hydroxyl groups is 6. The molecule has 3 saturated carbocycles. The average Bonchev–Trinajstić information content (AvgIpc) is 1.28. The van der Waals surface area contributed by atoms with Gasteiger partial charge in [0, 0.05) is 88.4 Å². The molecule has 3 aliphatic carbocycles. The largest absolute Gasteiger partial charge is 0.493 e. The predicted octanol–water partition coefficient (Wildman–Crippen LogP) is 8.34. The second-order valence-corrected chi connectivity index (χ2v) is 32.7. The summed E-state index contributed by atoms with van der Waals surface area (Å²) in [5.74, 6) is -6.49. The molecule has 0 radical (unpaired) electrons. The number of amides is 6. The second kappa shape index (κ2) is 46.9. The van der Waals surface area contributed by atoms with Gasteiger partial charge in [0.2, 0.25) is 47.2 Å². The third kappa shape index (κ3) is 25.0. The molecule has 19 N–H and O–H groups in total. The van der Waals surface area contributed by atoms with Crippen molar-refractivity contribution in [1.82, 2.24) is 85.3 Å². The normalized spacial score (nSPS) is 15.6. The molecule has 748 valence electrons. The zero-order valence-corrected chi connectivity index (χ0v) is 80.0. The Balaban J connectivity index is 0.000000139. The summed E-state index contributed by atoms with van der Waals surface area (Å²) >= 11 is 15.8. The van der Waals surface area contributed by atoms with Crippen molar-refractivity contribution in [3.05, 3.63) is 286 Å². The van der Waals surface area contributed by atoms with Crippen LogP contribution < -0.4 is 75.5 Å². The molecule has 0 atom stereocenters. The molecule has 0 unspecified atom stereocenters. The van der Waals surface area contributed by atoms with Crippen LogP contribution >= 0.6 is 50.5 Å². The van der Waals surface area contributed by atoms with Gasteiger partial charge in [-0.1, -0.05) is 24.3 Å². The number of nitrogens with one attached hydrogen (secondary N) is 13. The average molecular weight is 2060 g/mol. The lowest BCUT2D eigenvalue weighted by Crippen LogP contribution is -2.75. The van der Waals surface area contributed by atoms with Gasteiger partial charge in [0.15, 0.2) is 39.2 Å². The number of allylic oxidation sites excluding steroid dienone is 1. The van der Waals surface area contributed by atoms with Crippen molar-refractivity contribution < 1.29 is 59.4 Å². The fourth-order valence-corrected chi connectivity index (χ4v) is 15.2. The second-order valence-electron chi connectivity index (χ2n) is 31.4. The van der Waals surface area contributed by atoms with Crippen LogP contribution in [0.25, 0.3) is 28.5 Å². The zero-order valence-electron chi connectivity index (χ0n) is 76.5. The molecule has 58 heteroatoms. The summed E-state index contributed by atoms with van der Waals surface area (Å²) in [6.45, 7) is 8.06. The van der Waals surface area contributed by atoms with E-state index in [0.717, 1.165) is 53.0 Å². The molecule has 0 saturated heterocycles. The van der Waals surface area contributed by atoms with Gasteiger partial charge in [0.05, 0.1) is 79.6 Å². The van der Waals surface area contributed by atoms with Gasteiger partial charge in [0.1, 0.15) is 46.2 Å². The number of anilines is 7. The van der Waals surface area contributed by atoms with Crippen molar-refractivity contribution in [2.45, 2.75) is 61.7 Å². The number of carbonyl (C=O) groups is 6. The first-order valence-corrected chi connectivity index (χ1v) is 46.0. The monoisotopic (exact) mass is 2060 g/mol. The van der Waals surface area contributed by atoms with E-state index in [2.05, 4.69) is 229 Å². The lowest BCUT2D eigenvalue weighted by Gasteiger charge is -2.70. The highest BCUT2D eigenvalue weighted by atomic mass is 32.1. The molecule has 15 heterocycles. The number of thiol groups is 4. The fraction of sp³-hybridized carbons (Fsp3) is 0.227. The lowest BCUT2D eigenvalue weighted by atomic mass is 9.38. The van der Waals surface area contributed by atoms with Crippen LogP contribution in [-0.4, -0.2) is 211 Å². The molecule has 6 amide bonds. The van der Waals surface area contributed by atoms with Crippen LogP contribution in [-0.2, 0) is 23.0 Å². The van der Waals surface area contributed by atoms with E-state index in [4.69, 9.17) is 0 Å². The number of hydrogen-bond donors (Lipinski definition) is 23. The molecule has 9 aromatic heterocycles. The molecule has 146 heavy (non-hydrogen) atoms. The zero-order chi connectivity index (χ0) is 104. The number of pyridine rings is 2. The highest BCUT2D eigenvalue weighted by Gasteiger charge is 2.70. The first-order valence-electron chi connectivity index (χ1n) is 43.5.